The average molecular weight is 293 g/mol. The van der Waals surface area contributed by atoms with E-state index in [1.165, 1.54) is 10.5 Å². The molecule has 0 unspecified atom stereocenters. The van der Waals surface area contributed by atoms with Gasteiger partial charge in [-0.1, -0.05) is 30.5 Å². The van der Waals surface area contributed by atoms with Gasteiger partial charge in [0.05, 0.1) is 12.0 Å². The Hall–Kier alpha value is -1.00. The maximum absolute atomic E-state index is 11.8. The highest BCUT2D eigenvalue weighted by molar-refractivity contribution is 7.99. The lowest BCUT2D eigenvalue weighted by Crippen LogP contribution is -2.35. The number of rotatable bonds is 6. The Morgan fingerprint density at radius 1 is 1.30 bits per heavy atom. The molecular weight excluding hydrogens is 270 g/mol. The quantitative estimate of drug-likeness (QED) is 0.626. The highest BCUT2D eigenvalue weighted by Gasteiger charge is 2.33. The minimum atomic E-state index is -0.742. The number of thioether (sulfide) groups is 1. The first-order chi connectivity index (χ1) is 9.57. The topological polar surface area (TPSA) is 49.3 Å². The van der Waals surface area contributed by atoms with Crippen LogP contribution in [-0.2, 0) is 4.79 Å². The van der Waals surface area contributed by atoms with E-state index < -0.39 is 5.60 Å². The van der Waals surface area contributed by atoms with Crippen LogP contribution in [0.3, 0.4) is 0 Å². The van der Waals surface area contributed by atoms with E-state index >= 15 is 0 Å². The third-order valence-corrected chi connectivity index (χ3v) is 4.75. The fourth-order valence-corrected chi connectivity index (χ4v) is 3.33. The normalized spacial score (nSPS) is 17.1. The van der Waals surface area contributed by atoms with Gasteiger partial charge in [-0.2, -0.15) is 0 Å². The molecule has 1 saturated carbocycles. The van der Waals surface area contributed by atoms with Crippen molar-refractivity contribution >= 4 is 17.7 Å². The van der Waals surface area contributed by atoms with Crippen LogP contribution in [0, 0.1) is 6.92 Å². The fourth-order valence-electron chi connectivity index (χ4n) is 2.57. The first-order valence-corrected chi connectivity index (χ1v) is 8.25. The second kappa shape index (κ2) is 7.14. The Balaban J connectivity index is 1.63. The summed E-state index contributed by atoms with van der Waals surface area (Å²) in [4.78, 5) is 13.0. The lowest BCUT2D eigenvalue weighted by molar-refractivity contribution is -0.125. The molecule has 1 aliphatic carbocycles. The van der Waals surface area contributed by atoms with Crippen LogP contribution < -0.4 is 5.32 Å². The summed E-state index contributed by atoms with van der Waals surface area (Å²) in [6.07, 6.45) is 3.85. The van der Waals surface area contributed by atoms with E-state index in [4.69, 9.17) is 0 Å². The summed E-state index contributed by atoms with van der Waals surface area (Å²) in [6.45, 7) is 2.72. The van der Waals surface area contributed by atoms with Crippen molar-refractivity contribution in [1.29, 1.82) is 0 Å². The first kappa shape index (κ1) is 15.4. The van der Waals surface area contributed by atoms with Crippen molar-refractivity contribution in [3.63, 3.8) is 0 Å². The van der Waals surface area contributed by atoms with Crippen LogP contribution in [0.15, 0.2) is 29.2 Å². The van der Waals surface area contributed by atoms with Crippen LogP contribution in [0.1, 0.15) is 37.7 Å². The van der Waals surface area contributed by atoms with Gasteiger partial charge in [0.1, 0.15) is 0 Å². The van der Waals surface area contributed by atoms with Crippen LogP contribution in [0.2, 0.25) is 0 Å². The molecule has 20 heavy (non-hydrogen) atoms. The zero-order valence-electron chi connectivity index (χ0n) is 12.0. The molecule has 1 amide bonds. The lowest BCUT2D eigenvalue weighted by atomic mass is 9.98. The van der Waals surface area contributed by atoms with Crippen molar-refractivity contribution in [2.45, 2.75) is 49.5 Å². The molecule has 4 heteroatoms. The number of hydrogen-bond donors (Lipinski definition) is 2. The average Bonchev–Trinajstić information content (AvgIpc) is 2.83. The number of amides is 1. The molecule has 3 nitrogen and oxygen atoms in total. The number of benzene rings is 1. The van der Waals surface area contributed by atoms with E-state index in [0.717, 1.165) is 31.4 Å². The maximum Gasteiger partial charge on any atom is 0.222 e. The highest BCUT2D eigenvalue weighted by Crippen LogP contribution is 2.32. The van der Waals surface area contributed by atoms with Gasteiger partial charge in [0.15, 0.2) is 0 Å². The standard InChI is InChI=1S/C16H23NO2S/c1-13-4-6-14(7-5-13)20-11-10-17-15(18)12-16(19)8-2-3-9-16/h4-7,19H,2-3,8-12H2,1H3,(H,17,18). The van der Waals surface area contributed by atoms with Crippen LogP contribution in [0.25, 0.3) is 0 Å². The summed E-state index contributed by atoms with van der Waals surface area (Å²) in [5.74, 6) is 0.826. The summed E-state index contributed by atoms with van der Waals surface area (Å²) in [7, 11) is 0. The molecule has 110 valence electrons. The van der Waals surface area contributed by atoms with Crippen molar-refractivity contribution in [3.8, 4) is 0 Å². The smallest absolute Gasteiger partial charge is 0.222 e. The van der Waals surface area contributed by atoms with Crippen molar-refractivity contribution in [3.05, 3.63) is 29.8 Å². The SMILES string of the molecule is Cc1ccc(SCCNC(=O)CC2(O)CCCC2)cc1. The van der Waals surface area contributed by atoms with Gasteiger partial charge in [-0.05, 0) is 31.9 Å². The number of aryl methyl sites for hydroxylation is 1. The van der Waals surface area contributed by atoms with Gasteiger partial charge in [-0.25, -0.2) is 0 Å². The van der Waals surface area contributed by atoms with Crippen LogP contribution in [0.5, 0.6) is 0 Å². The van der Waals surface area contributed by atoms with Crippen LogP contribution in [0.4, 0.5) is 0 Å². The minimum absolute atomic E-state index is 0.0288. The summed E-state index contributed by atoms with van der Waals surface area (Å²) >= 11 is 1.74. The molecule has 2 N–H and O–H groups in total. The molecule has 1 aromatic carbocycles. The summed E-state index contributed by atoms with van der Waals surface area (Å²) < 4.78 is 0. The Labute approximate surface area is 125 Å². The van der Waals surface area contributed by atoms with Crippen molar-refractivity contribution < 1.29 is 9.90 Å². The number of hydrogen-bond acceptors (Lipinski definition) is 3. The summed E-state index contributed by atoms with van der Waals surface area (Å²) in [5, 5.41) is 13.1. The molecular formula is C16H23NO2S. The second-order valence-electron chi connectivity index (χ2n) is 5.62. The predicted octanol–water partition coefficient (Wildman–Crippen LogP) is 2.90. The molecule has 1 aliphatic rings. The van der Waals surface area contributed by atoms with E-state index in [9.17, 15) is 9.90 Å². The van der Waals surface area contributed by atoms with Gasteiger partial charge in [-0.15, -0.1) is 11.8 Å². The Kier molecular flexibility index (Phi) is 5.49. The van der Waals surface area contributed by atoms with Gasteiger partial charge in [0.25, 0.3) is 0 Å². The monoisotopic (exact) mass is 293 g/mol. The Morgan fingerprint density at radius 2 is 1.95 bits per heavy atom. The molecule has 1 aromatic rings. The van der Waals surface area contributed by atoms with E-state index in [1.807, 2.05) is 0 Å². The van der Waals surface area contributed by atoms with Crippen molar-refractivity contribution in [1.82, 2.24) is 5.32 Å². The second-order valence-corrected chi connectivity index (χ2v) is 6.79. The van der Waals surface area contributed by atoms with Crippen molar-refractivity contribution in [2.24, 2.45) is 0 Å². The van der Waals surface area contributed by atoms with Crippen LogP contribution >= 0.6 is 11.8 Å². The van der Waals surface area contributed by atoms with Gasteiger partial charge >= 0.3 is 0 Å². The third-order valence-electron chi connectivity index (χ3n) is 3.74. The maximum atomic E-state index is 11.8. The number of nitrogens with one attached hydrogen (secondary N) is 1. The molecule has 0 bridgehead atoms. The largest absolute Gasteiger partial charge is 0.389 e. The van der Waals surface area contributed by atoms with Gasteiger partial charge in [0.2, 0.25) is 5.91 Å². The van der Waals surface area contributed by atoms with E-state index in [2.05, 4.69) is 36.5 Å². The predicted molar refractivity (Wildman–Crippen MR) is 82.9 cm³/mol. The molecule has 0 heterocycles. The molecule has 0 saturated heterocycles. The molecule has 1 fully saturated rings. The van der Waals surface area contributed by atoms with Gasteiger partial charge in [0, 0.05) is 17.2 Å². The molecule has 0 spiro atoms. The summed E-state index contributed by atoms with van der Waals surface area (Å²) in [6, 6.07) is 8.39. The summed E-state index contributed by atoms with van der Waals surface area (Å²) in [5.41, 5.74) is 0.515. The van der Waals surface area contributed by atoms with Gasteiger partial charge in [-0.3, -0.25) is 4.79 Å². The minimum Gasteiger partial charge on any atom is -0.389 e. The molecule has 0 atom stereocenters. The van der Waals surface area contributed by atoms with Crippen molar-refractivity contribution in [2.75, 3.05) is 12.3 Å². The number of carbonyl (C=O) groups is 1. The van der Waals surface area contributed by atoms with Gasteiger partial charge < -0.3 is 10.4 Å². The zero-order valence-corrected chi connectivity index (χ0v) is 12.8. The Bertz CT molecular complexity index is 438. The van der Waals surface area contributed by atoms with Crippen LogP contribution in [-0.4, -0.2) is 28.9 Å². The molecule has 0 aliphatic heterocycles. The fraction of sp³-hybridized carbons (Fsp3) is 0.562. The van der Waals surface area contributed by atoms with E-state index in [1.54, 1.807) is 11.8 Å². The lowest BCUT2D eigenvalue weighted by Gasteiger charge is -2.21. The molecule has 2 rings (SSSR count). The number of carbonyl (C=O) groups excluding carboxylic acids is 1. The Morgan fingerprint density at radius 3 is 2.60 bits per heavy atom. The molecule has 0 aromatic heterocycles. The number of aliphatic hydroxyl groups is 1. The first-order valence-electron chi connectivity index (χ1n) is 7.26. The third kappa shape index (κ3) is 4.84. The highest BCUT2D eigenvalue weighted by atomic mass is 32.2. The molecule has 0 radical (unpaired) electrons. The zero-order chi connectivity index (χ0) is 14.4. The van der Waals surface area contributed by atoms with E-state index in [-0.39, 0.29) is 12.3 Å². The van der Waals surface area contributed by atoms with E-state index in [0.29, 0.717) is 6.54 Å².